The normalized spacial score (nSPS) is 33.0. The number of hydrogen-bond acceptors (Lipinski definition) is 4. The first-order valence-corrected chi connectivity index (χ1v) is 7.99. The molecule has 1 saturated heterocycles. The van der Waals surface area contributed by atoms with Crippen LogP contribution in [0.25, 0.3) is 0 Å². The van der Waals surface area contributed by atoms with Crippen molar-refractivity contribution in [2.75, 3.05) is 39.3 Å². The summed E-state index contributed by atoms with van der Waals surface area (Å²) in [6.45, 7) is 6.56. The fraction of sp³-hybridized carbons (Fsp3) is 0.933. The molecule has 5 heteroatoms. The van der Waals surface area contributed by atoms with E-state index < -0.39 is 0 Å². The largest absolute Gasteiger partial charge is 0.395 e. The maximum Gasteiger partial charge on any atom is 0.227 e. The maximum atomic E-state index is 12.7. The molecule has 0 radical (unpaired) electrons. The number of β-amino-alcohol motifs (C(OH)–C–C–N with tert-alkyl or cyclic N) is 1. The van der Waals surface area contributed by atoms with Crippen molar-refractivity contribution in [3.8, 4) is 0 Å². The Labute approximate surface area is 122 Å². The minimum absolute atomic E-state index is 0.0168. The number of nitrogens with two attached hydrogens (primary N) is 1. The molecule has 3 unspecified atom stereocenters. The van der Waals surface area contributed by atoms with Crippen LogP contribution >= 0.6 is 0 Å². The summed E-state index contributed by atoms with van der Waals surface area (Å²) in [7, 11) is 0. The van der Waals surface area contributed by atoms with Crippen LogP contribution < -0.4 is 5.73 Å². The Balaban J connectivity index is 1.91. The summed E-state index contributed by atoms with van der Waals surface area (Å²) in [5, 5.41) is 9.01. The third-order valence-electron chi connectivity index (χ3n) is 4.80. The van der Waals surface area contributed by atoms with Crippen molar-refractivity contribution >= 4 is 5.91 Å². The predicted molar refractivity (Wildman–Crippen MR) is 79.2 cm³/mol. The Morgan fingerprint density at radius 3 is 2.80 bits per heavy atom. The van der Waals surface area contributed by atoms with Gasteiger partial charge in [0.25, 0.3) is 0 Å². The van der Waals surface area contributed by atoms with E-state index in [1.807, 2.05) is 4.90 Å². The van der Waals surface area contributed by atoms with Crippen LogP contribution in [-0.2, 0) is 4.79 Å². The van der Waals surface area contributed by atoms with Gasteiger partial charge in [-0.05, 0) is 38.1 Å². The van der Waals surface area contributed by atoms with E-state index in [0.717, 1.165) is 51.9 Å². The molecule has 2 aliphatic rings. The summed E-state index contributed by atoms with van der Waals surface area (Å²) >= 11 is 0. The molecule has 5 nitrogen and oxygen atoms in total. The molecule has 2 rings (SSSR count). The van der Waals surface area contributed by atoms with Gasteiger partial charge in [-0.2, -0.15) is 0 Å². The first-order valence-electron chi connectivity index (χ1n) is 7.99. The lowest BCUT2D eigenvalue weighted by Crippen LogP contribution is -2.48. The minimum Gasteiger partial charge on any atom is -0.395 e. The second-order valence-electron chi connectivity index (χ2n) is 6.43. The lowest BCUT2D eigenvalue weighted by atomic mass is 9.78. The van der Waals surface area contributed by atoms with E-state index in [2.05, 4.69) is 11.8 Å². The molecule has 0 spiro atoms. The number of rotatable bonds is 3. The Hall–Kier alpha value is -0.650. The number of amides is 1. The van der Waals surface area contributed by atoms with E-state index in [9.17, 15) is 4.79 Å². The fourth-order valence-corrected chi connectivity index (χ4v) is 3.48. The highest BCUT2D eigenvalue weighted by atomic mass is 16.3. The van der Waals surface area contributed by atoms with Crippen LogP contribution in [0.2, 0.25) is 0 Å². The number of hydrogen-bond donors (Lipinski definition) is 2. The van der Waals surface area contributed by atoms with Gasteiger partial charge in [-0.1, -0.05) is 6.92 Å². The molecule has 3 N–H and O–H groups in total. The molecule has 0 aromatic heterocycles. The van der Waals surface area contributed by atoms with Crippen molar-refractivity contribution in [2.24, 2.45) is 17.6 Å². The fourth-order valence-electron chi connectivity index (χ4n) is 3.48. The standard InChI is InChI=1S/C15H29N3O2/c1-12-3-4-14(16)13(11-12)15(20)18-6-2-5-17(7-8-18)9-10-19/h12-14,19H,2-11,16H2,1H3. The molecule has 0 aromatic rings. The van der Waals surface area contributed by atoms with Crippen LogP contribution in [0.15, 0.2) is 0 Å². The van der Waals surface area contributed by atoms with E-state index in [0.29, 0.717) is 12.5 Å². The van der Waals surface area contributed by atoms with Gasteiger partial charge >= 0.3 is 0 Å². The van der Waals surface area contributed by atoms with Gasteiger partial charge in [0.05, 0.1) is 12.5 Å². The van der Waals surface area contributed by atoms with Crippen molar-refractivity contribution in [1.29, 1.82) is 0 Å². The monoisotopic (exact) mass is 283 g/mol. The smallest absolute Gasteiger partial charge is 0.227 e. The van der Waals surface area contributed by atoms with Gasteiger partial charge in [0.15, 0.2) is 0 Å². The Bertz CT molecular complexity index is 324. The average molecular weight is 283 g/mol. The Morgan fingerprint density at radius 2 is 2.05 bits per heavy atom. The van der Waals surface area contributed by atoms with Crippen molar-refractivity contribution in [2.45, 2.75) is 38.6 Å². The first-order chi connectivity index (χ1) is 9.61. The molecule has 1 aliphatic carbocycles. The lowest BCUT2D eigenvalue weighted by molar-refractivity contribution is -0.137. The van der Waals surface area contributed by atoms with E-state index in [4.69, 9.17) is 10.8 Å². The van der Waals surface area contributed by atoms with Gasteiger partial charge in [0.1, 0.15) is 0 Å². The lowest BCUT2D eigenvalue weighted by Gasteiger charge is -2.35. The highest BCUT2D eigenvalue weighted by molar-refractivity contribution is 5.79. The zero-order chi connectivity index (χ0) is 14.5. The zero-order valence-corrected chi connectivity index (χ0v) is 12.6. The maximum absolute atomic E-state index is 12.7. The van der Waals surface area contributed by atoms with Gasteiger partial charge in [0, 0.05) is 32.2 Å². The second-order valence-corrected chi connectivity index (χ2v) is 6.43. The highest BCUT2D eigenvalue weighted by Crippen LogP contribution is 2.29. The van der Waals surface area contributed by atoms with Gasteiger partial charge in [-0.25, -0.2) is 0 Å². The topological polar surface area (TPSA) is 69.8 Å². The number of carbonyl (C=O) groups is 1. The Kier molecular flexibility index (Phi) is 5.81. The number of aliphatic hydroxyl groups is 1. The van der Waals surface area contributed by atoms with Crippen LogP contribution in [-0.4, -0.2) is 66.2 Å². The third-order valence-corrected chi connectivity index (χ3v) is 4.80. The van der Waals surface area contributed by atoms with Crippen molar-refractivity contribution in [3.05, 3.63) is 0 Å². The second kappa shape index (κ2) is 7.38. The van der Waals surface area contributed by atoms with Gasteiger partial charge in [-0.15, -0.1) is 0 Å². The van der Waals surface area contributed by atoms with Crippen LogP contribution in [0.4, 0.5) is 0 Å². The van der Waals surface area contributed by atoms with E-state index in [-0.39, 0.29) is 24.5 Å². The molecule has 0 bridgehead atoms. The molecule has 1 heterocycles. The van der Waals surface area contributed by atoms with Crippen LogP contribution in [0.5, 0.6) is 0 Å². The molecule has 116 valence electrons. The molecule has 0 aromatic carbocycles. The molecule has 20 heavy (non-hydrogen) atoms. The number of aliphatic hydroxyl groups excluding tert-OH is 1. The average Bonchev–Trinajstić information content (AvgIpc) is 2.67. The third kappa shape index (κ3) is 3.93. The van der Waals surface area contributed by atoms with Crippen LogP contribution in [0.1, 0.15) is 32.6 Å². The van der Waals surface area contributed by atoms with Crippen molar-refractivity contribution in [1.82, 2.24) is 9.80 Å². The van der Waals surface area contributed by atoms with E-state index in [1.165, 1.54) is 0 Å². The van der Waals surface area contributed by atoms with Crippen LogP contribution in [0, 0.1) is 11.8 Å². The summed E-state index contributed by atoms with van der Waals surface area (Å²) in [6.07, 6.45) is 4.05. The minimum atomic E-state index is 0.0168. The number of nitrogens with zero attached hydrogens (tertiary/aromatic N) is 2. The highest BCUT2D eigenvalue weighted by Gasteiger charge is 2.34. The van der Waals surface area contributed by atoms with Crippen molar-refractivity contribution < 1.29 is 9.90 Å². The first kappa shape index (κ1) is 15.7. The molecule has 1 saturated carbocycles. The van der Waals surface area contributed by atoms with Gasteiger partial charge in [0.2, 0.25) is 5.91 Å². The summed E-state index contributed by atoms with van der Waals surface area (Å²) < 4.78 is 0. The SMILES string of the molecule is CC1CCC(N)C(C(=O)N2CCCN(CCO)CC2)C1. The molecular weight excluding hydrogens is 254 g/mol. The van der Waals surface area contributed by atoms with Gasteiger partial charge in [-0.3, -0.25) is 9.69 Å². The zero-order valence-electron chi connectivity index (χ0n) is 12.6. The molecule has 1 aliphatic heterocycles. The van der Waals surface area contributed by atoms with Gasteiger partial charge < -0.3 is 15.7 Å². The number of carbonyl (C=O) groups excluding carboxylic acids is 1. The Morgan fingerprint density at radius 1 is 1.25 bits per heavy atom. The predicted octanol–water partition coefficient (Wildman–Crippen LogP) is 0.277. The summed E-state index contributed by atoms with van der Waals surface area (Å²) in [5.74, 6) is 0.889. The molecule has 1 amide bonds. The van der Waals surface area contributed by atoms with Crippen molar-refractivity contribution in [3.63, 3.8) is 0 Å². The van der Waals surface area contributed by atoms with E-state index >= 15 is 0 Å². The molecular formula is C15H29N3O2. The van der Waals surface area contributed by atoms with Crippen LogP contribution in [0.3, 0.4) is 0 Å². The summed E-state index contributed by atoms with van der Waals surface area (Å²) in [6, 6.07) is 0.0375. The summed E-state index contributed by atoms with van der Waals surface area (Å²) in [4.78, 5) is 16.9. The van der Waals surface area contributed by atoms with E-state index in [1.54, 1.807) is 0 Å². The molecule has 3 atom stereocenters. The quantitative estimate of drug-likeness (QED) is 0.780. The summed E-state index contributed by atoms with van der Waals surface area (Å²) in [5.41, 5.74) is 6.17. The molecule has 2 fully saturated rings.